The van der Waals surface area contributed by atoms with Gasteiger partial charge in [0, 0.05) is 24.1 Å². The maximum Gasteiger partial charge on any atom is 0.0178 e. The van der Waals surface area contributed by atoms with E-state index < -0.39 is 0 Å². The zero-order valence-corrected chi connectivity index (χ0v) is 10.4. The molecule has 1 fully saturated rings. The van der Waals surface area contributed by atoms with Crippen molar-refractivity contribution in [3.63, 3.8) is 0 Å². The molecule has 0 atom stereocenters. The molecule has 0 amide bonds. The van der Waals surface area contributed by atoms with Crippen molar-refractivity contribution < 1.29 is 0 Å². The average molecular weight is 269 g/mol. The molecule has 0 bridgehead atoms. The van der Waals surface area contributed by atoms with Crippen LogP contribution >= 0.6 is 15.9 Å². The Bertz CT molecular complexity index is 310. The summed E-state index contributed by atoms with van der Waals surface area (Å²) in [5.74, 6) is 0.854. The lowest BCUT2D eigenvalue weighted by Crippen LogP contribution is -2.47. The lowest BCUT2D eigenvalue weighted by atomic mass is 10.0. The third-order valence-electron chi connectivity index (χ3n) is 2.78. The van der Waals surface area contributed by atoms with Crippen molar-refractivity contribution in [2.24, 2.45) is 5.92 Å². The van der Waals surface area contributed by atoms with Crippen molar-refractivity contribution in [1.29, 1.82) is 0 Å². The molecule has 2 N–H and O–H groups in total. The van der Waals surface area contributed by atoms with Crippen LogP contribution in [0.25, 0.3) is 0 Å². The largest absolute Gasteiger partial charge is 0.316 e. The highest BCUT2D eigenvalue weighted by Crippen LogP contribution is 2.11. The summed E-state index contributed by atoms with van der Waals surface area (Å²) < 4.78 is 1.17. The van der Waals surface area contributed by atoms with Crippen LogP contribution in [0.2, 0.25) is 0 Å². The first kappa shape index (κ1) is 11.1. The van der Waals surface area contributed by atoms with E-state index in [1.165, 1.54) is 23.1 Å². The topological polar surface area (TPSA) is 24.1 Å². The fourth-order valence-electron chi connectivity index (χ4n) is 1.72. The van der Waals surface area contributed by atoms with E-state index in [4.69, 9.17) is 0 Å². The van der Waals surface area contributed by atoms with Crippen molar-refractivity contribution in [2.45, 2.75) is 6.42 Å². The third-order valence-corrected chi connectivity index (χ3v) is 3.27. The maximum absolute atomic E-state index is 3.50. The first-order valence-electron chi connectivity index (χ1n) is 5.50. The van der Waals surface area contributed by atoms with Crippen LogP contribution in [0.1, 0.15) is 5.56 Å². The Morgan fingerprint density at radius 3 is 2.93 bits per heavy atom. The molecular weight excluding hydrogens is 252 g/mol. The van der Waals surface area contributed by atoms with Gasteiger partial charge in [0.2, 0.25) is 0 Å². The zero-order valence-electron chi connectivity index (χ0n) is 8.80. The van der Waals surface area contributed by atoms with Gasteiger partial charge in [-0.25, -0.2) is 0 Å². The molecule has 1 saturated heterocycles. The van der Waals surface area contributed by atoms with Gasteiger partial charge < -0.3 is 10.6 Å². The lowest BCUT2D eigenvalue weighted by Gasteiger charge is -2.27. The Morgan fingerprint density at radius 1 is 1.40 bits per heavy atom. The summed E-state index contributed by atoms with van der Waals surface area (Å²) in [6, 6.07) is 8.52. The lowest BCUT2D eigenvalue weighted by molar-refractivity contribution is 0.333. The standard InChI is InChI=1S/C12H17BrN2/c13-12-3-1-2-10(6-12)4-5-14-7-11-8-15-9-11/h1-3,6,11,14-15H,4-5,7-9H2. The minimum Gasteiger partial charge on any atom is -0.316 e. The van der Waals surface area contributed by atoms with Crippen molar-refractivity contribution in [3.8, 4) is 0 Å². The quantitative estimate of drug-likeness (QED) is 0.796. The Morgan fingerprint density at radius 2 is 2.27 bits per heavy atom. The molecule has 0 saturated carbocycles. The summed E-state index contributed by atoms with van der Waals surface area (Å²) in [7, 11) is 0. The van der Waals surface area contributed by atoms with Crippen LogP contribution in [0.3, 0.4) is 0 Å². The number of benzene rings is 1. The van der Waals surface area contributed by atoms with Gasteiger partial charge in [0.05, 0.1) is 0 Å². The second-order valence-electron chi connectivity index (χ2n) is 4.11. The van der Waals surface area contributed by atoms with Gasteiger partial charge in [-0.3, -0.25) is 0 Å². The molecule has 2 nitrogen and oxygen atoms in total. The van der Waals surface area contributed by atoms with Gasteiger partial charge in [-0.05, 0) is 36.6 Å². The van der Waals surface area contributed by atoms with Gasteiger partial charge in [-0.15, -0.1) is 0 Å². The van der Waals surface area contributed by atoms with Gasteiger partial charge in [0.15, 0.2) is 0 Å². The summed E-state index contributed by atoms with van der Waals surface area (Å²) in [5, 5.41) is 6.78. The number of rotatable bonds is 5. The van der Waals surface area contributed by atoms with E-state index in [1.54, 1.807) is 0 Å². The summed E-state index contributed by atoms with van der Waals surface area (Å²) in [6.07, 6.45) is 1.11. The van der Waals surface area contributed by atoms with Crippen LogP contribution in [0.5, 0.6) is 0 Å². The van der Waals surface area contributed by atoms with Gasteiger partial charge in [0.1, 0.15) is 0 Å². The van der Waals surface area contributed by atoms with Crippen molar-refractivity contribution in [2.75, 3.05) is 26.2 Å². The Kier molecular flexibility index (Phi) is 4.18. The second kappa shape index (κ2) is 5.64. The number of hydrogen-bond acceptors (Lipinski definition) is 2. The molecule has 82 valence electrons. The van der Waals surface area contributed by atoms with E-state index in [0.717, 1.165) is 25.4 Å². The molecule has 0 aromatic heterocycles. The molecular formula is C12H17BrN2. The fourth-order valence-corrected chi connectivity index (χ4v) is 2.17. The van der Waals surface area contributed by atoms with E-state index in [0.29, 0.717) is 0 Å². The normalized spacial score (nSPS) is 16.3. The van der Waals surface area contributed by atoms with E-state index in [1.807, 2.05) is 0 Å². The van der Waals surface area contributed by atoms with Gasteiger partial charge in [-0.2, -0.15) is 0 Å². The number of hydrogen-bond donors (Lipinski definition) is 2. The highest BCUT2D eigenvalue weighted by atomic mass is 79.9. The van der Waals surface area contributed by atoms with Crippen molar-refractivity contribution >= 4 is 15.9 Å². The summed E-state index contributed by atoms with van der Waals surface area (Å²) in [4.78, 5) is 0. The van der Waals surface area contributed by atoms with Crippen LogP contribution in [0.15, 0.2) is 28.7 Å². The molecule has 1 aliphatic heterocycles. The van der Waals surface area contributed by atoms with Gasteiger partial charge in [0.25, 0.3) is 0 Å². The van der Waals surface area contributed by atoms with Crippen LogP contribution in [0.4, 0.5) is 0 Å². The first-order chi connectivity index (χ1) is 7.34. The van der Waals surface area contributed by atoms with Gasteiger partial charge in [-0.1, -0.05) is 28.1 Å². The molecule has 1 aromatic rings. The molecule has 1 aromatic carbocycles. The minimum atomic E-state index is 0.854. The molecule has 1 heterocycles. The molecule has 3 heteroatoms. The van der Waals surface area contributed by atoms with E-state index in [-0.39, 0.29) is 0 Å². The summed E-state index contributed by atoms with van der Waals surface area (Å²) in [6.45, 7) is 4.60. The number of halogens is 1. The Hall–Kier alpha value is -0.380. The minimum absolute atomic E-state index is 0.854. The highest BCUT2D eigenvalue weighted by molar-refractivity contribution is 9.10. The molecule has 0 unspecified atom stereocenters. The monoisotopic (exact) mass is 268 g/mol. The van der Waals surface area contributed by atoms with Crippen LogP contribution < -0.4 is 10.6 Å². The zero-order chi connectivity index (χ0) is 10.5. The average Bonchev–Trinajstić information content (AvgIpc) is 2.15. The summed E-state index contributed by atoms with van der Waals surface area (Å²) >= 11 is 3.49. The molecule has 0 radical (unpaired) electrons. The van der Waals surface area contributed by atoms with Crippen molar-refractivity contribution in [1.82, 2.24) is 10.6 Å². The third kappa shape index (κ3) is 3.59. The van der Waals surface area contributed by atoms with Crippen LogP contribution in [-0.4, -0.2) is 26.2 Å². The first-order valence-corrected chi connectivity index (χ1v) is 6.30. The van der Waals surface area contributed by atoms with Crippen molar-refractivity contribution in [3.05, 3.63) is 34.3 Å². The Labute approximate surface area is 99.6 Å². The predicted molar refractivity (Wildman–Crippen MR) is 67.1 cm³/mol. The molecule has 0 spiro atoms. The second-order valence-corrected chi connectivity index (χ2v) is 5.02. The van der Waals surface area contributed by atoms with Crippen LogP contribution in [-0.2, 0) is 6.42 Å². The van der Waals surface area contributed by atoms with E-state index in [2.05, 4.69) is 50.8 Å². The molecule has 0 aliphatic carbocycles. The predicted octanol–water partition coefficient (Wildman–Crippen LogP) is 1.80. The summed E-state index contributed by atoms with van der Waals surface area (Å²) in [5.41, 5.74) is 1.39. The molecule has 1 aliphatic rings. The fraction of sp³-hybridized carbons (Fsp3) is 0.500. The SMILES string of the molecule is Brc1cccc(CCNCC2CNC2)c1. The molecule has 15 heavy (non-hydrogen) atoms. The van der Waals surface area contributed by atoms with E-state index >= 15 is 0 Å². The maximum atomic E-state index is 3.50. The highest BCUT2D eigenvalue weighted by Gasteiger charge is 2.15. The van der Waals surface area contributed by atoms with Crippen LogP contribution in [0, 0.1) is 5.92 Å². The van der Waals surface area contributed by atoms with Gasteiger partial charge >= 0.3 is 0 Å². The Balaban J connectivity index is 1.64. The van der Waals surface area contributed by atoms with E-state index in [9.17, 15) is 0 Å². The number of nitrogens with one attached hydrogen (secondary N) is 2. The molecule has 2 rings (SSSR count). The smallest absolute Gasteiger partial charge is 0.0178 e.